The molecule has 1 aliphatic carbocycles. The summed E-state index contributed by atoms with van der Waals surface area (Å²) in [6.07, 6.45) is 5.54. The van der Waals surface area contributed by atoms with Gasteiger partial charge in [0.2, 0.25) is 0 Å². The highest BCUT2D eigenvalue weighted by Crippen LogP contribution is 2.36. The molecule has 2 unspecified atom stereocenters. The van der Waals surface area contributed by atoms with Crippen LogP contribution in [0.25, 0.3) is 0 Å². The highest BCUT2D eigenvalue weighted by Gasteiger charge is 2.26. The highest BCUT2D eigenvalue weighted by atomic mass is 16.5. The van der Waals surface area contributed by atoms with Crippen molar-refractivity contribution in [3.8, 4) is 5.75 Å². The molecule has 0 aromatic carbocycles. The molecule has 15 heavy (non-hydrogen) atoms. The summed E-state index contributed by atoms with van der Waals surface area (Å²) in [5.41, 5.74) is 1.12. The van der Waals surface area contributed by atoms with Crippen LogP contribution in [0.5, 0.6) is 5.75 Å². The third kappa shape index (κ3) is 2.00. The van der Waals surface area contributed by atoms with Crippen LogP contribution in [0.1, 0.15) is 37.3 Å². The van der Waals surface area contributed by atoms with Gasteiger partial charge in [-0.25, -0.2) is 0 Å². The lowest BCUT2D eigenvalue weighted by molar-refractivity contribution is 0.117. The van der Waals surface area contributed by atoms with Gasteiger partial charge in [-0.05, 0) is 19.3 Å². The second kappa shape index (κ2) is 4.23. The Bertz CT molecular complexity index is 335. The molecule has 4 nitrogen and oxygen atoms in total. The van der Waals surface area contributed by atoms with Gasteiger partial charge >= 0.3 is 0 Å². The van der Waals surface area contributed by atoms with E-state index < -0.39 is 0 Å². The van der Waals surface area contributed by atoms with E-state index in [9.17, 15) is 5.11 Å². The molecule has 0 aliphatic heterocycles. The van der Waals surface area contributed by atoms with Crippen molar-refractivity contribution in [3.05, 3.63) is 11.9 Å². The normalized spacial score (nSPS) is 26.6. The molecule has 2 atom stereocenters. The Hall–Kier alpha value is -1.03. The summed E-state index contributed by atoms with van der Waals surface area (Å²) >= 11 is 0. The fraction of sp³-hybridized carbons (Fsp3) is 0.727. The van der Waals surface area contributed by atoms with Crippen LogP contribution in [-0.2, 0) is 7.05 Å². The Morgan fingerprint density at radius 1 is 1.53 bits per heavy atom. The predicted octanol–water partition coefficient (Wildman–Crippen LogP) is 1.45. The molecule has 1 aromatic rings. The lowest BCUT2D eigenvalue weighted by Gasteiger charge is -2.26. The van der Waals surface area contributed by atoms with Crippen molar-refractivity contribution in [2.45, 2.75) is 37.7 Å². The second-order valence-corrected chi connectivity index (χ2v) is 4.24. The van der Waals surface area contributed by atoms with Crippen LogP contribution in [0.2, 0.25) is 0 Å². The molecule has 1 aliphatic rings. The van der Waals surface area contributed by atoms with Gasteiger partial charge in [0.05, 0.1) is 25.1 Å². The van der Waals surface area contributed by atoms with Crippen LogP contribution in [-0.4, -0.2) is 28.1 Å². The van der Waals surface area contributed by atoms with Crippen molar-refractivity contribution in [1.29, 1.82) is 0 Å². The summed E-state index contributed by atoms with van der Waals surface area (Å²) in [5.74, 6) is 1.23. The summed E-state index contributed by atoms with van der Waals surface area (Å²) < 4.78 is 7.15. The monoisotopic (exact) mass is 210 g/mol. The van der Waals surface area contributed by atoms with E-state index in [1.54, 1.807) is 13.3 Å². The molecule has 1 fully saturated rings. The first kappa shape index (κ1) is 10.5. The molecular weight excluding hydrogens is 192 g/mol. The summed E-state index contributed by atoms with van der Waals surface area (Å²) in [5, 5.41) is 13.9. The molecule has 1 aromatic heterocycles. The Balaban J connectivity index is 2.23. The SMILES string of the molecule is COc1cnn(C)c1C1CCCC(O)C1. The molecule has 0 spiro atoms. The zero-order chi connectivity index (χ0) is 10.8. The van der Waals surface area contributed by atoms with Crippen molar-refractivity contribution in [3.63, 3.8) is 0 Å². The Morgan fingerprint density at radius 3 is 3.00 bits per heavy atom. The number of aryl methyl sites for hydroxylation is 1. The number of rotatable bonds is 2. The summed E-state index contributed by atoms with van der Waals surface area (Å²) in [4.78, 5) is 0. The minimum Gasteiger partial charge on any atom is -0.493 e. The number of hydrogen-bond donors (Lipinski definition) is 1. The maximum Gasteiger partial charge on any atom is 0.160 e. The highest BCUT2D eigenvalue weighted by molar-refractivity contribution is 5.29. The molecule has 1 saturated carbocycles. The molecule has 1 N–H and O–H groups in total. The minimum absolute atomic E-state index is 0.164. The molecule has 1 heterocycles. The first-order valence-electron chi connectivity index (χ1n) is 5.46. The van der Waals surface area contributed by atoms with E-state index in [1.807, 2.05) is 11.7 Å². The van der Waals surface area contributed by atoms with Gasteiger partial charge in [0.25, 0.3) is 0 Å². The average molecular weight is 210 g/mol. The fourth-order valence-corrected chi connectivity index (χ4v) is 2.46. The van der Waals surface area contributed by atoms with E-state index >= 15 is 0 Å². The number of nitrogens with zero attached hydrogens (tertiary/aromatic N) is 2. The molecule has 2 rings (SSSR count). The largest absolute Gasteiger partial charge is 0.493 e. The summed E-state index contributed by atoms with van der Waals surface area (Å²) in [7, 11) is 3.60. The zero-order valence-corrected chi connectivity index (χ0v) is 9.31. The topological polar surface area (TPSA) is 47.3 Å². The van der Waals surface area contributed by atoms with E-state index in [1.165, 1.54) is 0 Å². The number of methoxy groups -OCH3 is 1. The van der Waals surface area contributed by atoms with Gasteiger partial charge in [-0.15, -0.1) is 0 Å². The molecule has 0 bridgehead atoms. The van der Waals surface area contributed by atoms with Gasteiger partial charge in [-0.2, -0.15) is 5.10 Å². The maximum absolute atomic E-state index is 9.66. The third-order valence-corrected chi connectivity index (χ3v) is 3.20. The van der Waals surface area contributed by atoms with E-state index in [4.69, 9.17) is 4.74 Å². The average Bonchev–Trinajstić information content (AvgIpc) is 2.59. The Labute approximate surface area is 89.9 Å². The van der Waals surface area contributed by atoms with Crippen LogP contribution >= 0.6 is 0 Å². The lowest BCUT2D eigenvalue weighted by Crippen LogP contribution is -2.20. The van der Waals surface area contributed by atoms with Gasteiger partial charge in [-0.3, -0.25) is 4.68 Å². The maximum atomic E-state index is 9.66. The van der Waals surface area contributed by atoms with Gasteiger partial charge in [-0.1, -0.05) is 6.42 Å². The van der Waals surface area contributed by atoms with Crippen LogP contribution in [0.4, 0.5) is 0 Å². The number of aliphatic hydroxyl groups excluding tert-OH is 1. The van der Waals surface area contributed by atoms with Crippen LogP contribution < -0.4 is 4.74 Å². The van der Waals surface area contributed by atoms with E-state index in [0.29, 0.717) is 5.92 Å². The van der Waals surface area contributed by atoms with Gasteiger partial charge in [0, 0.05) is 13.0 Å². The van der Waals surface area contributed by atoms with Gasteiger partial charge in [0.15, 0.2) is 5.75 Å². The first-order valence-corrected chi connectivity index (χ1v) is 5.46. The van der Waals surface area contributed by atoms with Crippen LogP contribution in [0.15, 0.2) is 6.20 Å². The molecule has 0 saturated heterocycles. The van der Waals surface area contributed by atoms with Crippen molar-refractivity contribution in [2.24, 2.45) is 7.05 Å². The number of aliphatic hydroxyl groups is 1. The number of hydrogen-bond acceptors (Lipinski definition) is 3. The van der Waals surface area contributed by atoms with Crippen LogP contribution in [0, 0.1) is 0 Å². The van der Waals surface area contributed by atoms with Crippen LogP contribution in [0.3, 0.4) is 0 Å². The van der Waals surface area contributed by atoms with Gasteiger partial charge < -0.3 is 9.84 Å². The zero-order valence-electron chi connectivity index (χ0n) is 9.31. The van der Waals surface area contributed by atoms with E-state index in [-0.39, 0.29) is 6.10 Å². The third-order valence-electron chi connectivity index (χ3n) is 3.20. The van der Waals surface area contributed by atoms with Crippen molar-refractivity contribution in [2.75, 3.05) is 7.11 Å². The first-order chi connectivity index (χ1) is 7.22. The predicted molar refractivity (Wildman–Crippen MR) is 57.0 cm³/mol. The molecule has 4 heteroatoms. The Kier molecular flexibility index (Phi) is 2.95. The fourth-order valence-electron chi connectivity index (χ4n) is 2.46. The van der Waals surface area contributed by atoms with Gasteiger partial charge in [0.1, 0.15) is 0 Å². The van der Waals surface area contributed by atoms with Crippen molar-refractivity contribution < 1.29 is 9.84 Å². The van der Waals surface area contributed by atoms with Crippen molar-refractivity contribution in [1.82, 2.24) is 9.78 Å². The molecule has 84 valence electrons. The molecule has 0 radical (unpaired) electrons. The van der Waals surface area contributed by atoms with Crippen molar-refractivity contribution >= 4 is 0 Å². The molecule has 0 amide bonds. The van der Waals surface area contributed by atoms with E-state index in [0.717, 1.165) is 37.1 Å². The number of ether oxygens (including phenoxy) is 1. The summed E-state index contributed by atoms with van der Waals surface area (Å²) in [6.45, 7) is 0. The summed E-state index contributed by atoms with van der Waals surface area (Å²) in [6, 6.07) is 0. The van der Waals surface area contributed by atoms with E-state index in [2.05, 4.69) is 5.10 Å². The smallest absolute Gasteiger partial charge is 0.160 e. The second-order valence-electron chi connectivity index (χ2n) is 4.24. The molecular formula is C11H18N2O2. The Morgan fingerprint density at radius 2 is 2.33 bits per heavy atom. The minimum atomic E-state index is -0.164. The standard InChI is InChI=1S/C11H18N2O2/c1-13-11(10(15-2)7-12-13)8-4-3-5-9(14)6-8/h7-9,14H,3-6H2,1-2H3. The number of aromatic nitrogens is 2. The quantitative estimate of drug-likeness (QED) is 0.803. The lowest BCUT2D eigenvalue weighted by atomic mass is 9.85.